The summed E-state index contributed by atoms with van der Waals surface area (Å²) in [5.74, 6) is 3.31. The molecule has 0 unspecified atom stereocenters. The number of alkyl carbamates (subject to hydrolysis) is 1. The zero-order valence-corrected chi connectivity index (χ0v) is 26.7. The van der Waals surface area contributed by atoms with E-state index in [2.05, 4.69) is 28.4 Å². The smallest absolute Gasteiger partial charge is 0.416 e. The van der Waals surface area contributed by atoms with Crippen LogP contribution in [0, 0.1) is 18.3 Å². The molecule has 2 amide bonds. The molecule has 2 aliphatic rings. The molecule has 2 heterocycles. The van der Waals surface area contributed by atoms with Gasteiger partial charge in [-0.1, -0.05) is 25.0 Å². The van der Waals surface area contributed by atoms with E-state index in [0.29, 0.717) is 17.2 Å². The molecule has 1 aromatic heterocycles. The summed E-state index contributed by atoms with van der Waals surface area (Å²) in [5.41, 5.74) is -0.170. The number of halogens is 3. The van der Waals surface area contributed by atoms with Crippen LogP contribution in [0.25, 0.3) is 0 Å². The van der Waals surface area contributed by atoms with Crippen LogP contribution < -0.4 is 10.2 Å². The molecule has 0 spiro atoms. The van der Waals surface area contributed by atoms with Crippen molar-refractivity contribution in [3.63, 3.8) is 0 Å². The quantitative estimate of drug-likeness (QED) is 0.305. The number of aromatic nitrogens is 3. The van der Waals surface area contributed by atoms with Gasteiger partial charge < -0.3 is 19.5 Å². The van der Waals surface area contributed by atoms with E-state index in [-0.39, 0.29) is 49.3 Å². The van der Waals surface area contributed by atoms with Gasteiger partial charge in [0, 0.05) is 37.9 Å². The van der Waals surface area contributed by atoms with Gasteiger partial charge in [0.1, 0.15) is 17.8 Å². The number of rotatable bonds is 9. The van der Waals surface area contributed by atoms with Gasteiger partial charge in [-0.05, 0) is 80.5 Å². The maximum atomic E-state index is 14.4. The predicted molar refractivity (Wildman–Crippen MR) is 167 cm³/mol. The third kappa shape index (κ3) is 6.75. The summed E-state index contributed by atoms with van der Waals surface area (Å²) >= 11 is 0. The number of hydrogen-bond donors (Lipinski definition) is 1. The Kier molecular flexibility index (Phi) is 8.92. The second kappa shape index (κ2) is 12.4. The predicted octanol–water partition coefficient (Wildman–Crippen LogP) is 5.67. The van der Waals surface area contributed by atoms with E-state index < -0.39 is 29.3 Å². The lowest BCUT2D eigenvalue weighted by molar-refractivity contribution is -0.138. The number of hydrogen-bond acceptors (Lipinski definition) is 6. The minimum Gasteiger partial charge on any atom is -0.444 e. The SMILES string of the molecule is C#CCN(CCNC(=O)OC(C)(C)C)Cc1cc2c(c(C(F)(F)F)c1)CN(c1cccc(C3(c4nncn4C)CC(C)C3)c1)C2=O. The number of anilines is 1. The number of carbonyl (C=O) groups is 2. The highest BCUT2D eigenvalue weighted by Crippen LogP contribution is 2.52. The van der Waals surface area contributed by atoms with Crippen LogP contribution in [-0.2, 0) is 36.5 Å². The number of nitrogens with zero attached hydrogens (tertiary/aromatic N) is 5. The molecular weight excluding hydrogens is 597 g/mol. The number of benzene rings is 2. The number of alkyl halides is 3. The van der Waals surface area contributed by atoms with Gasteiger partial charge in [-0.3, -0.25) is 9.69 Å². The Balaban J connectivity index is 1.40. The van der Waals surface area contributed by atoms with Gasteiger partial charge in [-0.2, -0.15) is 13.2 Å². The fourth-order valence-electron chi connectivity index (χ4n) is 6.62. The van der Waals surface area contributed by atoms with E-state index in [1.165, 1.54) is 11.0 Å². The highest BCUT2D eigenvalue weighted by atomic mass is 19.4. The summed E-state index contributed by atoms with van der Waals surface area (Å²) in [5, 5.41) is 11.1. The molecule has 0 atom stereocenters. The first-order valence-electron chi connectivity index (χ1n) is 15.2. The van der Waals surface area contributed by atoms with Crippen LogP contribution in [0.15, 0.2) is 42.7 Å². The minimum absolute atomic E-state index is 0.0167. The lowest BCUT2D eigenvalue weighted by atomic mass is 9.58. The van der Waals surface area contributed by atoms with E-state index in [4.69, 9.17) is 11.2 Å². The fourth-order valence-corrected chi connectivity index (χ4v) is 6.62. The van der Waals surface area contributed by atoms with Gasteiger partial charge >= 0.3 is 12.3 Å². The molecule has 5 rings (SSSR count). The maximum Gasteiger partial charge on any atom is 0.416 e. The average molecular weight is 637 g/mol. The Morgan fingerprint density at radius 2 is 1.96 bits per heavy atom. The minimum atomic E-state index is -4.68. The Morgan fingerprint density at radius 3 is 2.57 bits per heavy atom. The number of carbonyl (C=O) groups excluding carboxylic acids is 2. The van der Waals surface area contributed by atoms with Crippen LogP contribution in [0.3, 0.4) is 0 Å². The first-order valence-corrected chi connectivity index (χ1v) is 15.2. The molecule has 46 heavy (non-hydrogen) atoms. The van der Waals surface area contributed by atoms with Crippen molar-refractivity contribution >= 4 is 17.7 Å². The van der Waals surface area contributed by atoms with Crippen molar-refractivity contribution in [2.75, 3.05) is 24.5 Å². The van der Waals surface area contributed by atoms with Crippen molar-refractivity contribution in [2.45, 2.75) is 70.8 Å². The summed E-state index contributed by atoms with van der Waals surface area (Å²) in [6.45, 7) is 7.82. The van der Waals surface area contributed by atoms with Crippen molar-refractivity contribution in [3.8, 4) is 12.3 Å². The summed E-state index contributed by atoms with van der Waals surface area (Å²) in [4.78, 5) is 29.0. The highest BCUT2D eigenvalue weighted by molar-refractivity contribution is 6.10. The van der Waals surface area contributed by atoms with E-state index in [1.807, 2.05) is 29.8 Å². The normalized spacial score (nSPS) is 19.5. The van der Waals surface area contributed by atoms with Crippen LogP contribution in [-0.4, -0.2) is 56.9 Å². The summed E-state index contributed by atoms with van der Waals surface area (Å²) in [6.07, 6.45) is 3.61. The third-order valence-corrected chi connectivity index (χ3v) is 8.47. The van der Waals surface area contributed by atoms with Crippen molar-refractivity contribution in [1.82, 2.24) is 25.0 Å². The fraction of sp³-hybridized carbons (Fsp3) is 0.471. The number of aryl methyl sites for hydroxylation is 1. The second-order valence-corrected chi connectivity index (χ2v) is 13.3. The zero-order valence-electron chi connectivity index (χ0n) is 26.7. The molecule has 0 bridgehead atoms. The van der Waals surface area contributed by atoms with Crippen LogP contribution >= 0.6 is 0 Å². The van der Waals surface area contributed by atoms with Crippen molar-refractivity contribution in [2.24, 2.45) is 13.0 Å². The summed E-state index contributed by atoms with van der Waals surface area (Å²) in [6, 6.07) is 10.1. The molecule has 0 radical (unpaired) electrons. The van der Waals surface area contributed by atoms with E-state index in [0.717, 1.165) is 30.3 Å². The highest BCUT2D eigenvalue weighted by Gasteiger charge is 2.48. The van der Waals surface area contributed by atoms with Gasteiger partial charge in [0.15, 0.2) is 0 Å². The lowest BCUT2D eigenvalue weighted by Gasteiger charge is -2.46. The van der Waals surface area contributed by atoms with Gasteiger partial charge in [-0.15, -0.1) is 16.6 Å². The number of amides is 2. The van der Waals surface area contributed by atoms with Gasteiger partial charge in [0.2, 0.25) is 0 Å². The van der Waals surface area contributed by atoms with Gasteiger partial charge in [-0.25, -0.2) is 4.79 Å². The van der Waals surface area contributed by atoms with Gasteiger partial charge in [0.05, 0.1) is 24.1 Å². The molecule has 1 saturated carbocycles. The molecule has 12 heteroatoms. The summed E-state index contributed by atoms with van der Waals surface area (Å²) < 4.78 is 50.5. The monoisotopic (exact) mass is 636 g/mol. The second-order valence-electron chi connectivity index (χ2n) is 13.3. The van der Waals surface area contributed by atoms with Crippen LogP contribution in [0.4, 0.5) is 23.7 Å². The van der Waals surface area contributed by atoms with Crippen molar-refractivity contribution < 1.29 is 27.5 Å². The standard InChI is InChI=1S/C34H39F3N6O3/c1-7-12-42(13-11-38-31(45)46-32(3,4)5)19-23-14-26-27(28(15-23)34(35,36)37)20-43(29(26)44)25-10-8-9-24(16-25)33(17-22(2)18-33)30-40-39-21-41(30)6/h1,8-10,14-16,21-22H,11-13,17-20H2,2-6H3,(H,38,45). The molecule has 244 valence electrons. The zero-order chi connectivity index (χ0) is 33.4. The van der Waals surface area contributed by atoms with E-state index in [1.54, 1.807) is 38.1 Å². The maximum absolute atomic E-state index is 14.4. The Labute approximate surface area is 267 Å². The molecule has 1 aliphatic heterocycles. The number of terminal acetylenes is 1. The van der Waals surface area contributed by atoms with Crippen LogP contribution in [0.2, 0.25) is 0 Å². The van der Waals surface area contributed by atoms with E-state index >= 15 is 0 Å². The number of nitrogens with one attached hydrogen (secondary N) is 1. The number of ether oxygens (including phenoxy) is 1. The van der Waals surface area contributed by atoms with Crippen LogP contribution in [0.1, 0.15) is 79.0 Å². The van der Waals surface area contributed by atoms with E-state index in [9.17, 15) is 22.8 Å². The topological polar surface area (TPSA) is 92.6 Å². The lowest BCUT2D eigenvalue weighted by Crippen LogP contribution is -2.43. The first-order chi connectivity index (χ1) is 21.6. The van der Waals surface area contributed by atoms with Crippen molar-refractivity contribution in [3.05, 3.63) is 76.4 Å². The molecule has 0 saturated heterocycles. The van der Waals surface area contributed by atoms with Gasteiger partial charge in [0.25, 0.3) is 5.91 Å². The Hall–Kier alpha value is -4.37. The average Bonchev–Trinajstić information content (AvgIpc) is 3.52. The Bertz CT molecular complexity index is 1660. The molecule has 2 aromatic carbocycles. The molecule has 1 fully saturated rings. The molecule has 1 aliphatic carbocycles. The molecule has 9 nitrogen and oxygen atoms in total. The third-order valence-electron chi connectivity index (χ3n) is 8.47. The molecule has 1 N–H and O–H groups in total. The van der Waals surface area contributed by atoms with Crippen molar-refractivity contribution in [1.29, 1.82) is 0 Å². The van der Waals surface area contributed by atoms with Crippen LogP contribution in [0.5, 0.6) is 0 Å². The molecular formula is C34H39F3N6O3. The Morgan fingerprint density at radius 1 is 1.22 bits per heavy atom. The molecule has 3 aromatic rings. The first kappa shape index (κ1) is 33.0. The largest absolute Gasteiger partial charge is 0.444 e. The summed E-state index contributed by atoms with van der Waals surface area (Å²) in [7, 11) is 1.89. The number of fused-ring (bicyclic) bond motifs is 1.